The van der Waals surface area contributed by atoms with Gasteiger partial charge in [-0.25, -0.2) is 4.98 Å². The van der Waals surface area contributed by atoms with E-state index in [9.17, 15) is 10.1 Å². The maximum atomic E-state index is 12.5. The number of amides is 1. The number of rotatable bonds is 6. The van der Waals surface area contributed by atoms with Crippen molar-refractivity contribution in [2.45, 2.75) is 71.7 Å². The number of anilines is 1. The summed E-state index contributed by atoms with van der Waals surface area (Å²) < 4.78 is 0. The first kappa shape index (κ1) is 23.3. The monoisotopic (exact) mass is 435 g/mol. The molecule has 1 heterocycles. The number of pyridine rings is 1. The molecule has 5 heteroatoms. The van der Waals surface area contributed by atoms with E-state index in [4.69, 9.17) is 4.98 Å². The van der Waals surface area contributed by atoms with Crippen molar-refractivity contribution in [3.05, 3.63) is 52.2 Å². The van der Waals surface area contributed by atoms with Gasteiger partial charge < -0.3 is 5.32 Å². The number of benzene rings is 1. The van der Waals surface area contributed by atoms with Crippen molar-refractivity contribution in [2.75, 3.05) is 11.1 Å². The number of para-hydroxylation sites is 1. The summed E-state index contributed by atoms with van der Waals surface area (Å²) in [4.78, 5) is 17.4. The molecule has 0 fully saturated rings. The topological polar surface area (TPSA) is 65.8 Å². The average Bonchev–Trinajstić information content (AvgIpc) is 2.73. The number of carbonyl (C=O) groups is 1. The Morgan fingerprint density at radius 1 is 1.35 bits per heavy atom. The highest BCUT2D eigenvalue weighted by Crippen LogP contribution is 2.38. The van der Waals surface area contributed by atoms with Crippen LogP contribution in [0.15, 0.2) is 29.3 Å². The zero-order valence-corrected chi connectivity index (χ0v) is 20.2. The van der Waals surface area contributed by atoms with E-state index in [1.54, 1.807) is 0 Å². The Bertz CT molecular complexity index is 1000. The SMILES string of the molecule is CCc1cccc(C)c1NC(=O)CCSc1nc2c(cc1C#N)CC(C(C)(C)C)CC2. The summed E-state index contributed by atoms with van der Waals surface area (Å²) in [6.45, 7) is 11.0. The Morgan fingerprint density at radius 3 is 2.81 bits per heavy atom. The van der Waals surface area contributed by atoms with Gasteiger partial charge >= 0.3 is 0 Å². The van der Waals surface area contributed by atoms with Crippen LogP contribution in [0.25, 0.3) is 0 Å². The number of nitrogens with zero attached hydrogens (tertiary/aromatic N) is 2. The standard InChI is InChI=1S/C26H33N3OS/c1-6-18-9-7-8-17(2)24(18)29-23(30)12-13-31-25-20(16-27)14-19-15-21(26(3,4)5)10-11-22(19)28-25/h7-9,14,21H,6,10-13,15H2,1-5H3,(H,29,30). The van der Waals surface area contributed by atoms with Crippen molar-refractivity contribution in [1.82, 2.24) is 4.98 Å². The smallest absolute Gasteiger partial charge is 0.225 e. The molecule has 0 spiro atoms. The Labute approximate surface area is 190 Å². The summed E-state index contributed by atoms with van der Waals surface area (Å²) in [5, 5.41) is 13.5. The lowest BCUT2D eigenvalue weighted by Crippen LogP contribution is -2.27. The predicted octanol–water partition coefficient (Wildman–Crippen LogP) is 6.10. The number of nitriles is 1. The minimum atomic E-state index is 0.000914. The Morgan fingerprint density at radius 2 is 2.13 bits per heavy atom. The van der Waals surface area contributed by atoms with Gasteiger partial charge in [-0.15, -0.1) is 11.8 Å². The van der Waals surface area contributed by atoms with E-state index < -0.39 is 0 Å². The van der Waals surface area contributed by atoms with Gasteiger partial charge in [0.1, 0.15) is 11.1 Å². The number of carbonyl (C=O) groups excluding carboxylic acids is 1. The maximum absolute atomic E-state index is 12.5. The second-order valence-corrected chi connectivity index (χ2v) is 10.6. The molecule has 3 rings (SSSR count). The van der Waals surface area contributed by atoms with Crippen molar-refractivity contribution < 1.29 is 4.79 Å². The minimum absolute atomic E-state index is 0.000914. The number of aromatic nitrogens is 1. The van der Waals surface area contributed by atoms with Gasteiger partial charge in [-0.1, -0.05) is 45.9 Å². The number of hydrogen-bond acceptors (Lipinski definition) is 4. The van der Waals surface area contributed by atoms with Crippen molar-refractivity contribution >= 4 is 23.4 Å². The summed E-state index contributed by atoms with van der Waals surface area (Å²) in [5.41, 5.74) is 6.40. The van der Waals surface area contributed by atoms with Crippen LogP contribution >= 0.6 is 11.8 Å². The van der Waals surface area contributed by atoms with Gasteiger partial charge in [0.2, 0.25) is 5.91 Å². The zero-order valence-electron chi connectivity index (χ0n) is 19.3. The Balaban J connectivity index is 1.64. The van der Waals surface area contributed by atoms with Gasteiger partial charge in [0.05, 0.1) is 5.56 Å². The fourth-order valence-electron chi connectivity index (χ4n) is 4.22. The van der Waals surface area contributed by atoms with E-state index in [1.165, 1.54) is 17.3 Å². The summed E-state index contributed by atoms with van der Waals surface area (Å²) >= 11 is 1.51. The third-order valence-corrected chi connectivity index (χ3v) is 7.26. The first-order valence-electron chi connectivity index (χ1n) is 11.2. The Kier molecular flexibility index (Phi) is 7.43. The number of hydrogen-bond donors (Lipinski definition) is 1. The lowest BCUT2D eigenvalue weighted by atomic mass is 9.71. The lowest BCUT2D eigenvalue weighted by Gasteiger charge is -2.34. The van der Waals surface area contributed by atoms with Crippen LogP contribution in [0.2, 0.25) is 0 Å². The van der Waals surface area contributed by atoms with E-state index in [-0.39, 0.29) is 11.3 Å². The van der Waals surface area contributed by atoms with Crippen LogP contribution in [0.1, 0.15) is 68.5 Å². The molecule has 1 amide bonds. The minimum Gasteiger partial charge on any atom is -0.326 e. The van der Waals surface area contributed by atoms with Crippen LogP contribution in [-0.4, -0.2) is 16.6 Å². The molecule has 4 nitrogen and oxygen atoms in total. The summed E-state index contributed by atoms with van der Waals surface area (Å²) in [7, 11) is 0. The normalized spacial score (nSPS) is 15.8. The second-order valence-electron chi connectivity index (χ2n) is 9.47. The largest absolute Gasteiger partial charge is 0.326 e. The van der Waals surface area contributed by atoms with Crippen molar-refractivity contribution in [2.24, 2.45) is 11.3 Å². The van der Waals surface area contributed by atoms with Crippen molar-refractivity contribution in [1.29, 1.82) is 5.26 Å². The quantitative estimate of drug-likeness (QED) is 0.557. The molecule has 0 bridgehead atoms. The van der Waals surface area contributed by atoms with Gasteiger partial charge in [-0.3, -0.25) is 4.79 Å². The van der Waals surface area contributed by atoms with Crippen LogP contribution in [0.5, 0.6) is 0 Å². The van der Waals surface area contributed by atoms with E-state index in [0.29, 0.717) is 23.7 Å². The number of thioether (sulfide) groups is 1. The van der Waals surface area contributed by atoms with E-state index >= 15 is 0 Å². The first-order chi connectivity index (χ1) is 14.7. The molecule has 31 heavy (non-hydrogen) atoms. The van der Waals surface area contributed by atoms with Crippen LogP contribution < -0.4 is 5.32 Å². The number of nitrogens with one attached hydrogen (secondary N) is 1. The maximum Gasteiger partial charge on any atom is 0.225 e. The molecule has 0 radical (unpaired) electrons. The zero-order chi connectivity index (χ0) is 22.6. The summed E-state index contributed by atoms with van der Waals surface area (Å²) in [5.74, 6) is 1.22. The molecule has 1 atom stereocenters. The van der Waals surface area contributed by atoms with Gasteiger partial charge in [-0.05, 0) is 66.7 Å². The molecule has 0 saturated carbocycles. The second kappa shape index (κ2) is 9.87. The fraction of sp³-hybridized carbons (Fsp3) is 0.500. The summed E-state index contributed by atoms with van der Waals surface area (Å²) in [6.07, 6.45) is 4.36. The molecule has 0 aliphatic heterocycles. The Hall–Kier alpha value is -2.32. The highest BCUT2D eigenvalue weighted by Gasteiger charge is 2.30. The first-order valence-corrected chi connectivity index (χ1v) is 12.2. The molecule has 1 aliphatic carbocycles. The van der Waals surface area contributed by atoms with Gasteiger partial charge in [0, 0.05) is 23.6 Å². The number of fused-ring (bicyclic) bond motifs is 1. The van der Waals surface area contributed by atoms with Gasteiger partial charge in [-0.2, -0.15) is 5.26 Å². The van der Waals surface area contributed by atoms with Crippen molar-refractivity contribution in [3.8, 4) is 6.07 Å². The van der Waals surface area contributed by atoms with Gasteiger partial charge in [0.15, 0.2) is 0 Å². The highest BCUT2D eigenvalue weighted by molar-refractivity contribution is 7.99. The molecular weight excluding hydrogens is 402 g/mol. The van der Waals surface area contributed by atoms with Gasteiger partial charge in [0.25, 0.3) is 0 Å². The van der Waals surface area contributed by atoms with Crippen LogP contribution in [0, 0.1) is 29.6 Å². The predicted molar refractivity (Wildman–Crippen MR) is 128 cm³/mol. The molecule has 2 aromatic rings. The van der Waals surface area contributed by atoms with E-state index in [2.05, 4.69) is 45.1 Å². The molecule has 1 unspecified atom stereocenters. The van der Waals surface area contributed by atoms with Crippen LogP contribution in [-0.2, 0) is 24.1 Å². The molecule has 1 aromatic carbocycles. The van der Waals surface area contributed by atoms with Crippen molar-refractivity contribution in [3.63, 3.8) is 0 Å². The third-order valence-electron chi connectivity index (χ3n) is 6.27. The third kappa shape index (κ3) is 5.68. The molecule has 0 saturated heterocycles. The van der Waals surface area contributed by atoms with Crippen LogP contribution in [0.3, 0.4) is 0 Å². The fourth-order valence-corrected chi connectivity index (χ4v) is 5.13. The van der Waals surface area contributed by atoms with Crippen LogP contribution in [0.4, 0.5) is 5.69 Å². The van der Waals surface area contributed by atoms with E-state index in [1.807, 2.05) is 25.1 Å². The highest BCUT2D eigenvalue weighted by atomic mass is 32.2. The van der Waals surface area contributed by atoms with E-state index in [0.717, 1.165) is 53.2 Å². The number of aryl methyl sites for hydroxylation is 3. The summed E-state index contributed by atoms with van der Waals surface area (Å²) in [6, 6.07) is 10.4. The average molecular weight is 436 g/mol. The molecular formula is C26H33N3OS. The lowest BCUT2D eigenvalue weighted by molar-refractivity contribution is -0.115. The molecule has 1 aliphatic rings. The molecule has 164 valence electrons. The molecule has 1 N–H and O–H groups in total. The molecule has 1 aromatic heterocycles.